The van der Waals surface area contributed by atoms with Crippen molar-refractivity contribution < 1.29 is 5.11 Å². The maximum absolute atomic E-state index is 9.67. The zero-order valence-electron chi connectivity index (χ0n) is 10.4. The van der Waals surface area contributed by atoms with Crippen LogP contribution in [0, 0.1) is 19.8 Å². The molecule has 0 saturated carbocycles. The van der Waals surface area contributed by atoms with E-state index in [9.17, 15) is 5.11 Å². The highest BCUT2D eigenvalue weighted by atomic mass is 35.5. The third kappa shape index (κ3) is 3.13. The molecule has 2 atom stereocenters. The van der Waals surface area contributed by atoms with Crippen molar-refractivity contribution in [3.8, 4) is 5.75 Å². The van der Waals surface area contributed by atoms with Gasteiger partial charge in [-0.3, -0.25) is 0 Å². The van der Waals surface area contributed by atoms with Gasteiger partial charge in [0.1, 0.15) is 5.75 Å². The Morgan fingerprint density at radius 2 is 1.69 bits per heavy atom. The summed E-state index contributed by atoms with van der Waals surface area (Å²) in [4.78, 5) is 0. The van der Waals surface area contributed by atoms with E-state index < -0.39 is 0 Å². The number of benzene rings is 1. The molecule has 0 fully saturated rings. The summed E-state index contributed by atoms with van der Waals surface area (Å²) in [6, 6.07) is 4.03. The molecule has 0 heterocycles. The van der Waals surface area contributed by atoms with Crippen molar-refractivity contribution in [1.29, 1.82) is 0 Å². The van der Waals surface area contributed by atoms with E-state index in [2.05, 4.69) is 13.8 Å². The maximum Gasteiger partial charge on any atom is 0.121 e. The van der Waals surface area contributed by atoms with E-state index in [0.717, 1.165) is 23.1 Å². The Morgan fingerprint density at radius 1 is 1.25 bits per heavy atom. The van der Waals surface area contributed by atoms with Crippen molar-refractivity contribution in [2.24, 2.45) is 11.7 Å². The lowest BCUT2D eigenvalue weighted by molar-refractivity contribution is 0.450. The molecule has 92 valence electrons. The van der Waals surface area contributed by atoms with E-state index in [0.29, 0.717) is 11.7 Å². The number of rotatable bonds is 3. The molecule has 2 nitrogen and oxygen atoms in total. The van der Waals surface area contributed by atoms with Crippen molar-refractivity contribution in [1.82, 2.24) is 0 Å². The smallest absolute Gasteiger partial charge is 0.121 e. The summed E-state index contributed by atoms with van der Waals surface area (Å²) in [6.45, 7) is 8.12. The summed E-state index contributed by atoms with van der Waals surface area (Å²) in [5.41, 5.74) is 9.09. The Kier molecular flexibility index (Phi) is 5.84. The van der Waals surface area contributed by atoms with E-state index in [1.54, 1.807) is 0 Å². The first-order valence-electron chi connectivity index (χ1n) is 5.53. The first kappa shape index (κ1) is 15.3. The van der Waals surface area contributed by atoms with Crippen molar-refractivity contribution in [2.45, 2.75) is 40.2 Å². The van der Waals surface area contributed by atoms with Crippen LogP contribution in [-0.2, 0) is 0 Å². The van der Waals surface area contributed by atoms with E-state index in [1.807, 2.05) is 26.0 Å². The van der Waals surface area contributed by atoms with Gasteiger partial charge in [-0.25, -0.2) is 0 Å². The average Bonchev–Trinajstić information content (AvgIpc) is 2.23. The zero-order valence-corrected chi connectivity index (χ0v) is 11.3. The van der Waals surface area contributed by atoms with Crippen molar-refractivity contribution in [3.63, 3.8) is 0 Å². The van der Waals surface area contributed by atoms with E-state index in [1.165, 1.54) is 0 Å². The molecule has 0 saturated heterocycles. The normalized spacial score (nSPS) is 14.1. The molecule has 1 rings (SSSR count). The van der Waals surface area contributed by atoms with Gasteiger partial charge in [0.2, 0.25) is 0 Å². The number of halogens is 1. The first-order valence-corrected chi connectivity index (χ1v) is 5.53. The summed E-state index contributed by atoms with van der Waals surface area (Å²) in [7, 11) is 0. The van der Waals surface area contributed by atoms with Crippen LogP contribution < -0.4 is 5.73 Å². The third-order valence-electron chi connectivity index (χ3n) is 3.16. The van der Waals surface area contributed by atoms with E-state index in [-0.39, 0.29) is 18.4 Å². The van der Waals surface area contributed by atoms with Gasteiger partial charge in [0.25, 0.3) is 0 Å². The number of aromatic hydroxyl groups is 1. The largest absolute Gasteiger partial charge is 0.507 e. The molecule has 1 aromatic rings. The highest BCUT2D eigenvalue weighted by Gasteiger charge is 2.15. The molecule has 0 aliphatic rings. The summed E-state index contributed by atoms with van der Waals surface area (Å²) >= 11 is 0. The van der Waals surface area contributed by atoms with Gasteiger partial charge in [0, 0.05) is 6.04 Å². The van der Waals surface area contributed by atoms with Gasteiger partial charge < -0.3 is 10.8 Å². The van der Waals surface area contributed by atoms with Gasteiger partial charge >= 0.3 is 0 Å². The van der Waals surface area contributed by atoms with E-state index >= 15 is 0 Å². The summed E-state index contributed by atoms with van der Waals surface area (Å²) in [6.07, 6.45) is 1.07. The fourth-order valence-electron chi connectivity index (χ4n) is 1.76. The Morgan fingerprint density at radius 3 is 2.06 bits per heavy atom. The predicted octanol–water partition coefficient (Wildman–Crippen LogP) is 3.48. The van der Waals surface area contributed by atoms with Crippen LogP contribution in [0.2, 0.25) is 0 Å². The monoisotopic (exact) mass is 243 g/mol. The number of phenols is 1. The number of nitrogens with two attached hydrogens (primary N) is 1. The summed E-state index contributed by atoms with van der Waals surface area (Å²) in [5, 5.41) is 9.67. The number of aryl methyl sites for hydroxylation is 2. The van der Waals surface area contributed by atoms with Crippen LogP contribution in [0.4, 0.5) is 0 Å². The Bertz CT molecular complexity index is 329. The van der Waals surface area contributed by atoms with Gasteiger partial charge in [0.05, 0.1) is 0 Å². The maximum atomic E-state index is 9.67. The molecule has 16 heavy (non-hydrogen) atoms. The third-order valence-corrected chi connectivity index (χ3v) is 3.16. The molecule has 3 N–H and O–H groups in total. The highest BCUT2D eigenvalue weighted by Crippen LogP contribution is 2.28. The second-order valence-electron chi connectivity index (χ2n) is 4.41. The Balaban J connectivity index is 0.00000225. The molecule has 3 heteroatoms. The van der Waals surface area contributed by atoms with Crippen LogP contribution in [-0.4, -0.2) is 5.11 Å². The van der Waals surface area contributed by atoms with Crippen LogP contribution in [0.1, 0.15) is 43.0 Å². The van der Waals surface area contributed by atoms with Crippen molar-refractivity contribution in [2.75, 3.05) is 0 Å². The molecule has 0 aliphatic heterocycles. The molecule has 0 amide bonds. The SMILES string of the molecule is CCC(C)[C@H](N)c1cc(C)c(O)c(C)c1.Cl. The molecule has 0 aliphatic carbocycles. The second-order valence-corrected chi connectivity index (χ2v) is 4.41. The van der Waals surface area contributed by atoms with Crippen LogP contribution >= 0.6 is 12.4 Å². The number of hydrogen-bond acceptors (Lipinski definition) is 2. The van der Waals surface area contributed by atoms with Crippen LogP contribution in [0.5, 0.6) is 5.75 Å². The fourth-order valence-corrected chi connectivity index (χ4v) is 1.76. The lowest BCUT2D eigenvalue weighted by atomic mass is 9.91. The van der Waals surface area contributed by atoms with Crippen LogP contribution in [0.3, 0.4) is 0 Å². The molecule has 0 radical (unpaired) electrons. The minimum absolute atomic E-state index is 0. The van der Waals surface area contributed by atoms with Crippen molar-refractivity contribution in [3.05, 3.63) is 28.8 Å². The topological polar surface area (TPSA) is 46.2 Å². The first-order chi connectivity index (χ1) is 6.97. The molecular formula is C13H22ClNO. The minimum Gasteiger partial charge on any atom is -0.507 e. The van der Waals surface area contributed by atoms with Gasteiger partial charge in [-0.05, 0) is 36.5 Å². The van der Waals surface area contributed by atoms with Gasteiger partial charge in [-0.15, -0.1) is 12.4 Å². The van der Waals surface area contributed by atoms with Gasteiger partial charge in [-0.1, -0.05) is 32.4 Å². The lowest BCUT2D eigenvalue weighted by Gasteiger charge is -2.20. The molecular weight excluding hydrogens is 222 g/mol. The fraction of sp³-hybridized carbons (Fsp3) is 0.538. The molecule has 1 aromatic carbocycles. The standard InChI is InChI=1S/C13H21NO.ClH/c1-5-8(2)12(14)11-6-9(3)13(15)10(4)7-11;/h6-8,12,15H,5,14H2,1-4H3;1H/t8?,12-;/m0./s1. The molecule has 1 unspecified atom stereocenters. The Labute approximate surface area is 104 Å². The van der Waals surface area contributed by atoms with Gasteiger partial charge in [-0.2, -0.15) is 0 Å². The van der Waals surface area contributed by atoms with Crippen LogP contribution in [0.15, 0.2) is 12.1 Å². The summed E-state index contributed by atoms with van der Waals surface area (Å²) in [5.74, 6) is 0.850. The summed E-state index contributed by atoms with van der Waals surface area (Å²) < 4.78 is 0. The second kappa shape index (κ2) is 6.12. The highest BCUT2D eigenvalue weighted by molar-refractivity contribution is 5.85. The molecule has 0 spiro atoms. The quantitative estimate of drug-likeness (QED) is 0.854. The zero-order chi connectivity index (χ0) is 11.6. The molecule has 0 bridgehead atoms. The number of hydrogen-bond donors (Lipinski definition) is 2. The average molecular weight is 244 g/mol. The number of phenolic OH excluding ortho intramolecular Hbond substituents is 1. The Hall–Kier alpha value is -0.730. The minimum atomic E-state index is 0. The van der Waals surface area contributed by atoms with Gasteiger partial charge in [0.15, 0.2) is 0 Å². The van der Waals surface area contributed by atoms with Crippen LogP contribution in [0.25, 0.3) is 0 Å². The lowest BCUT2D eigenvalue weighted by Crippen LogP contribution is -2.18. The predicted molar refractivity (Wildman–Crippen MR) is 71.2 cm³/mol. The van der Waals surface area contributed by atoms with E-state index in [4.69, 9.17) is 5.73 Å². The van der Waals surface area contributed by atoms with Crippen molar-refractivity contribution >= 4 is 12.4 Å². The molecule has 0 aromatic heterocycles.